The van der Waals surface area contributed by atoms with Gasteiger partial charge in [-0.1, -0.05) is 26.0 Å². The molecule has 0 fully saturated rings. The Morgan fingerprint density at radius 1 is 1.24 bits per heavy atom. The van der Waals surface area contributed by atoms with Gasteiger partial charge in [-0.3, -0.25) is 4.79 Å². The summed E-state index contributed by atoms with van der Waals surface area (Å²) in [7, 11) is 1.95. The van der Waals surface area contributed by atoms with E-state index in [0.29, 0.717) is 16.9 Å². The Labute approximate surface area is 168 Å². The summed E-state index contributed by atoms with van der Waals surface area (Å²) in [6.45, 7) is 3.78. The van der Waals surface area contributed by atoms with Crippen molar-refractivity contribution in [1.82, 2.24) is 4.57 Å². The van der Waals surface area contributed by atoms with Gasteiger partial charge in [0.2, 0.25) is 0 Å². The first-order chi connectivity index (χ1) is 13.8. The number of nitrogens with zero attached hydrogens (tertiary/aromatic N) is 1. The maximum Gasteiger partial charge on any atom is 0.195 e. The van der Waals surface area contributed by atoms with Gasteiger partial charge >= 0.3 is 0 Å². The summed E-state index contributed by atoms with van der Waals surface area (Å²) in [5.74, 6) is 0.523. The summed E-state index contributed by atoms with van der Waals surface area (Å²) >= 11 is 0. The first-order valence-electron chi connectivity index (χ1n) is 9.54. The molecular formula is C23H24N2O4. The number of fused-ring (bicyclic) bond motifs is 4. The summed E-state index contributed by atoms with van der Waals surface area (Å²) < 4.78 is 7.65. The maximum absolute atomic E-state index is 13.4. The van der Waals surface area contributed by atoms with Crippen molar-refractivity contribution < 1.29 is 19.7 Å². The van der Waals surface area contributed by atoms with E-state index in [1.807, 2.05) is 35.9 Å². The van der Waals surface area contributed by atoms with Crippen LogP contribution in [-0.4, -0.2) is 46.1 Å². The molecule has 150 valence electrons. The van der Waals surface area contributed by atoms with Gasteiger partial charge in [0.25, 0.3) is 0 Å². The average molecular weight is 392 g/mol. The third-order valence-corrected chi connectivity index (χ3v) is 5.77. The molecule has 2 aromatic carbocycles. The molecule has 0 radical (unpaired) electrons. The number of hydrogen-bond donors (Lipinski definition) is 3. The molecule has 0 bridgehead atoms. The lowest BCUT2D eigenvalue weighted by molar-refractivity contribution is 0.0535. The number of ketones is 1. The molecule has 3 aromatic rings. The molecule has 6 nitrogen and oxygen atoms in total. The topological polar surface area (TPSA) is 95.5 Å². The third-order valence-electron chi connectivity index (χ3n) is 5.77. The van der Waals surface area contributed by atoms with Gasteiger partial charge < -0.3 is 24.9 Å². The average Bonchev–Trinajstić information content (AvgIpc) is 3.03. The number of rotatable bonds is 5. The number of ether oxygens (including phenoxy) is 1. The smallest absolute Gasteiger partial charge is 0.195 e. The highest BCUT2D eigenvalue weighted by Gasteiger charge is 2.41. The normalized spacial score (nSPS) is 15.7. The monoisotopic (exact) mass is 392 g/mol. The molecule has 0 aliphatic heterocycles. The number of aryl methyl sites for hydroxylation is 1. The zero-order valence-electron chi connectivity index (χ0n) is 16.7. The summed E-state index contributed by atoms with van der Waals surface area (Å²) in [6.07, 6.45) is 0.353. The van der Waals surface area contributed by atoms with Gasteiger partial charge in [0.15, 0.2) is 5.78 Å². The second-order valence-electron chi connectivity index (χ2n) is 8.01. The highest BCUT2D eigenvalue weighted by Crippen LogP contribution is 2.45. The second kappa shape index (κ2) is 6.83. The molecule has 0 saturated carbocycles. The largest absolute Gasteiger partial charge is 0.491 e. The molecule has 1 aliphatic rings. The van der Waals surface area contributed by atoms with E-state index in [9.17, 15) is 9.90 Å². The predicted octanol–water partition coefficient (Wildman–Crippen LogP) is 2.78. The van der Waals surface area contributed by atoms with Crippen molar-refractivity contribution in [2.24, 2.45) is 7.05 Å². The van der Waals surface area contributed by atoms with Crippen molar-refractivity contribution in [2.75, 3.05) is 13.2 Å². The van der Waals surface area contributed by atoms with Crippen molar-refractivity contribution in [3.8, 4) is 5.75 Å². The van der Waals surface area contributed by atoms with Crippen molar-refractivity contribution >= 4 is 22.9 Å². The van der Waals surface area contributed by atoms with Crippen LogP contribution in [0.5, 0.6) is 5.75 Å². The van der Waals surface area contributed by atoms with Crippen LogP contribution in [0.2, 0.25) is 0 Å². The molecule has 0 spiro atoms. The van der Waals surface area contributed by atoms with E-state index in [2.05, 4.69) is 13.8 Å². The molecule has 6 heteroatoms. The fraction of sp³-hybridized carbons (Fsp3) is 0.304. The Hall–Kier alpha value is -2.96. The van der Waals surface area contributed by atoms with Crippen LogP contribution in [0.15, 0.2) is 36.4 Å². The zero-order valence-corrected chi connectivity index (χ0v) is 16.7. The number of carbonyl (C=O) groups is 1. The van der Waals surface area contributed by atoms with Crippen molar-refractivity contribution in [1.29, 1.82) is 5.41 Å². The number of carbonyl (C=O) groups excluding carboxylic acids is 1. The van der Waals surface area contributed by atoms with Crippen LogP contribution < -0.4 is 4.74 Å². The molecule has 0 saturated heterocycles. The Morgan fingerprint density at radius 2 is 2.00 bits per heavy atom. The molecule has 1 atom stereocenters. The molecule has 4 rings (SSSR count). The Kier molecular flexibility index (Phi) is 4.56. The van der Waals surface area contributed by atoms with E-state index in [1.165, 1.54) is 6.21 Å². The van der Waals surface area contributed by atoms with Gasteiger partial charge in [-0.15, -0.1) is 0 Å². The highest BCUT2D eigenvalue weighted by molar-refractivity contribution is 6.20. The lowest BCUT2D eigenvalue weighted by Crippen LogP contribution is -2.32. The maximum atomic E-state index is 13.4. The number of benzene rings is 2. The van der Waals surface area contributed by atoms with E-state index >= 15 is 0 Å². The Morgan fingerprint density at radius 3 is 2.69 bits per heavy atom. The number of aliphatic hydroxyl groups excluding tert-OH is 2. The molecule has 0 unspecified atom stereocenters. The zero-order chi connectivity index (χ0) is 20.9. The molecule has 1 heterocycles. The Bertz CT molecular complexity index is 1140. The van der Waals surface area contributed by atoms with Crippen LogP contribution in [0, 0.1) is 5.41 Å². The lowest BCUT2D eigenvalue weighted by Gasteiger charge is -2.34. The van der Waals surface area contributed by atoms with Crippen LogP contribution >= 0.6 is 0 Å². The van der Waals surface area contributed by atoms with Gasteiger partial charge in [-0.2, -0.15) is 0 Å². The van der Waals surface area contributed by atoms with Crippen molar-refractivity contribution in [3.05, 3.63) is 64.3 Å². The van der Waals surface area contributed by atoms with Crippen LogP contribution in [0.25, 0.3) is 10.9 Å². The minimum absolute atomic E-state index is 0.0185. The van der Waals surface area contributed by atoms with Crippen LogP contribution in [0.4, 0.5) is 0 Å². The number of nitrogens with one attached hydrogen (secondary N) is 1. The first-order valence-corrected chi connectivity index (χ1v) is 9.54. The quantitative estimate of drug-likeness (QED) is 0.582. The summed E-state index contributed by atoms with van der Waals surface area (Å²) in [5, 5.41) is 26.9. The van der Waals surface area contributed by atoms with E-state index in [1.54, 1.807) is 12.1 Å². The van der Waals surface area contributed by atoms with Gasteiger partial charge in [0.1, 0.15) is 18.5 Å². The lowest BCUT2D eigenvalue weighted by atomic mass is 9.71. The minimum atomic E-state index is -0.950. The first kappa shape index (κ1) is 19.4. The van der Waals surface area contributed by atoms with Gasteiger partial charge in [0, 0.05) is 40.8 Å². The summed E-state index contributed by atoms with van der Waals surface area (Å²) in [6, 6.07) is 11.0. The van der Waals surface area contributed by atoms with Crippen molar-refractivity contribution in [3.63, 3.8) is 0 Å². The van der Waals surface area contributed by atoms with E-state index in [4.69, 9.17) is 15.3 Å². The minimum Gasteiger partial charge on any atom is -0.491 e. The molecule has 3 N–H and O–H groups in total. The van der Waals surface area contributed by atoms with Crippen molar-refractivity contribution in [2.45, 2.75) is 25.4 Å². The molecule has 29 heavy (non-hydrogen) atoms. The van der Waals surface area contributed by atoms with E-state index in [-0.39, 0.29) is 19.0 Å². The van der Waals surface area contributed by atoms with Gasteiger partial charge in [-0.25, -0.2) is 0 Å². The number of aliphatic hydroxyl groups is 2. The van der Waals surface area contributed by atoms with E-state index < -0.39 is 11.5 Å². The summed E-state index contributed by atoms with van der Waals surface area (Å²) in [5.41, 5.74) is 4.40. The second-order valence-corrected chi connectivity index (χ2v) is 8.01. The fourth-order valence-electron chi connectivity index (χ4n) is 4.34. The fourth-order valence-corrected chi connectivity index (χ4v) is 4.34. The third kappa shape index (κ3) is 2.87. The SMILES string of the molecule is Cn1c2c(c3ccc(C=N)cc31)C(=O)c1ccc(OC[C@H](O)CO)cc1C2(C)C. The van der Waals surface area contributed by atoms with Crippen LogP contribution in [-0.2, 0) is 12.5 Å². The summed E-state index contributed by atoms with van der Waals surface area (Å²) in [4.78, 5) is 13.4. The van der Waals surface area contributed by atoms with Crippen LogP contribution in [0.3, 0.4) is 0 Å². The number of hydrogen-bond acceptors (Lipinski definition) is 5. The molecule has 0 amide bonds. The van der Waals surface area contributed by atoms with E-state index in [0.717, 1.165) is 27.7 Å². The molecule has 1 aliphatic carbocycles. The number of aromatic nitrogens is 1. The Balaban J connectivity index is 1.88. The predicted molar refractivity (Wildman–Crippen MR) is 111 cm³/mol. The van der Waals surface area contributed by atoms with Gasteiger partial charge in [-0.05, 0) is 35.4 Å². The highest BCUT2D eigenvalue weighted by atomic mass is 16.5. The standard InChI is InChI=1S/C23H24N2O4/c1-23(2)18-9-15(29-12-14(27)11-26)5-7-16(18)21(28)20-17-6-4-13(10-24)8-19(17)25(3)22(20)23/h4-10,14,24,26-27H,11-12H2,1-3H3/t14-/m1/s1. The van der Waals surface area contributed by atoms with Crippen LogP contribution in [0.1, 0.15) is 46.6 Å². The molecular weight excluding hydrogens is 368 g/mol. The van der Waals surface area contributed by atoms with Gasteiger partial charge in [0.05, 0.1) is 12.2 Å². The molecule has 1 aromatic heterocycles.